The highest BCUT2D eigenvalue weighted by Gasteiger charge is 2.51. The van der Waals surface area contributed by atoms with Crippen LogP contribution in [-0.4, -0.2) is 27.3 Å². The molecule has 1 aliphatic rings. The van der Waals surface area contributed by atoms with Gasteiger partial charge in [0.2, 0.25) is 0 Å². The van der Waals surface area contributed by atoms with Crippen molar-refractivity contribution in [2.24, 2.45) is 0 Å². The molecule has 0 spiro atoms. The minimum Gasteiger partial charge on any atom is -0.506 e. The van der Waals surface area contributed by atoms with E-state index in [-0.39, 0.29) is 22.6 Å². The standard InChI is InChI=1S/C25H20Br2O6/c1-10-12(3)21(28)19(26)8-16(10)25(17-9-20(27)22(29)13(4)11(17)2)18-7-14(23(30)31)5-6-15(18)24(32)33-25/h5-9,28-29H,1-4H3,(H,30,31). The Morgan fingerprint density at radius 3 is 1.76 bits per heavy atom. The van der Waals surface area contributed by atoms with Gasteiger partial charge in [-0.1, -0.05) is 0 Å². The second-order valence-electron chi connectivity index (χ2n) is 8.15. The zero-order valence-electron chi connectivity index (χ0n) is 18.2. The van der Waals surface area contributed by atoms with Crippen molar-refractivity contribution in [3.05, 3.63) is 89.3 Å². The fourth-order valence-corrected chi connectivity index (χ4v) is 5.45. The number of carboxylic acid groups (broad SMARTS) is 1. The number of phenolic OH excluding ortho intramolecular Hbond substituents is 2. The van der Waals surface area contributed by atoms with Gasteiger partial charge in [0.1, 0.15) is 11.5 Å². The SMILES string of the molecule is Cc1c(C2(c3cc(Br)c(O)c(C)c3C)OC(=O)c3ccc(C(=O)O)cc32)cc(Br)c(O)c1C. The lowest BCUT2D eigenvalue weighted by molar-refractivity contribution is 0.0247. The van der Waals surface area contributed by atoms with Crippen molar-refractivity contribution in [2.45, 2.75) is 33.3 Å². The summed E-state index contributed by atoms with van der Waals surface area (Å²) in [5.41, 5.74) is 2.81. The Morgan fingerprint density at radius 1 is 0.818 bits per heavy atom. The molecule has 3 N–H and O–H groups in total. The maximum Gasteiger partial charge on any atom is 0.340 e. The van der Waals surface area contributed by atoms with Crippen LogP contribution in [0.5, 0.6) is 11.5 Å². The van der Waals surface area contributed by atoms with Crippen molar-refractivity contribution in [1.82, 2.24) is 0 Å². The largest absolute Gasteiger partial charge is 0.506 e. The maximum absolute atomic E-state index is 13.1. The number of hydrogen-bond donors (Lipinski definition) is 3. The predicted molar refractivity (Wildman–Crippen MR) is 129 cm³/mol. The van der Waals surface area contributed by atoms with Gasteiger partial charge in [-0.05, 0) is 112 Å². The summed E-state index contributed by atoms with van der Waals surface area (Å²) >= 11 is 6.79. The molecule has 0 saturated carbocycles. The Morgan fingerprint density at radius 2 is 1.30 bits per heavy atom. The van der Waals surface area contributed by atoms with Crippen molar-refractivity contribution in [2.75, 3.05) is 0 Å². The number of halogens is 2. The highest BCUT2D eigenvalue weighted by molar-refractivity contribution is 9.10. The molecule has 170 valence electrons. The monoisotopic (exact) mass is 574 g/mol. The summed E-state index contributed by atoms with van der Waals surface area (Å²) in [6, 6.07) is 7.64. The first kappa shape index (κ1) is 23.3. The van der Waals surface area contributed by atoms with E-state index in [9.17, 15) is 24.9 Å². The van der Waals surface area contributed by atoms with Crippen molar-refractivity contribution in [3.63, 3.8) is 0 Å². The van der Waals surface area contributed by atoms with Gasteiger partial charge in [-0.25, -0.2) is 9.59 Å². The summed E-state index contributed by atoms with van der Waals surface area (Å²) < 4.78 is 6.97. The summed E-state index contributed by atoms with van der Waals surface area (Å²) in [6.45, 7) is 7.12. The van der Waals surface area contributed by atoms with Crippen LogP contribution in [0.3, 0.4) is 0 Å². The second-order valence-corrected chi connectivity index (χ2v) is 9.85. The first-order valence-electron chi connectivity index (χ1n) is 10.0. The molecule has 0 fully saturated rings. The molecule has 0 aromatic heterocycles. The number of hydrogen-bond acceptors (Lipinski definition) is 5. The van der Waals surface area contributed by atoms with Gasteiger partial charge >= 0.3 is 11.9 Å². The van der Waals surface area contributed by atoms with Gasteiger partial charge in [0.05, 0.1) is 20.1 Å². The number of phenols is 2. The molecule has 0 saturated heterocycles. The van der Waals surface area contributed by atoms with Crippen molar-refractivity contribution < 1.29 is 29.6 Å². The number of aromatic hydroxyl groups is 2. The van der Waals surface area contributed by atoms with Gasteiger partial charge in [0.15, 0.2) is 5.60 Å². The molecule has 1 heterocycles. The fraction of sp³-hybridized carbons (Fsp3) is 0.200. The molecule has 0 bridgehead atoms. The van der Waals surface area contributed by atoms with Crippen LogP contribution in [0.4, 0.5) is 0 Å². The number of esters is 1. The second kappa shape index (κ2) is 7.88. The number of fused-ring (bicyclic) bond motifs is 1. The summed E-state index contributed by atoms with van der Waals surface area (Å²) in [7, 11) is 0. The summed E-state index contributed by atoms with van der Waals surface area (Å²) in [5.74, 6) is -1.60. The van der Waals surface area contributed by atoms with Gasteiger partial charge in [-0.15, -0.1) is 0 Å². The third-order valence-electron chi connectivity index (χ3n) is 6.51. The number of rotatable bonds is 3. The lowest BCUT2D eigenvalue weighted by Gasteiger charge is -2.34. The van der Waals surface area contributed by atoms with Crippen molar-refractivity contribution >= 4 is 43.8 Å². The third kappa shape index (κ3) is 3.27. The third-order valence-corrected chi connectivity index (χ3v) is 7.72. The number of benzene rings is 3. The molecule has 0 atom stereocenters. The Kier molecular flexibility index (Phi) is 5.57. The zero-order valence-corrected chi connectivity index (χ0v) is 21.4. The maximum atomic E-state index is 13.1. The first-order chi connectivity index (χ1) is 15.4. The number of carboxylic acids is 1. The average molecular weight is 576 g/mol. The highest BCUT2D eigenvalue weighted by atomic mass is 79.9. The van der Waals surface area contributed by atoms with Crippen LogP contribution in [0.1, 0.15) is 59.7 Å². The summed E-state index contributed by atoms with van der Waals surface area (Å²) in [4.78, 5) is 24.9. The Balaban J connectivity index is 2.24. The molecule has 6 nitrogen and oxygen atoms in total. The van der Waals surface area contributed by atoms with E-state index in [0.29, 0.717) is 47.9 Å². The van der Waals surface area contributed by atoms with Crippen LogP contribution >= 0.6 is 31.9 Å². The lowest BCUT2D eigenvalue weighted by atomic mass is 9.75. The van der Waals surface area contributed by atoms with Gasteiger partial charge < -0.3 is 20.1 Å². The molecular weight excluding hydrogens is 556 g/mol. The quantitative estimate of drug-likeness (QED) is 0.330. The highest BCUT2D eigenvalue weighted by Crippen LogP contribution is 2.53. The number of cyclic esters (lactones) is 1. The van der Waals surface area contributed by atoms with Gasteiger partial charge in [-0.3, -0.25) is 0 Å². The number of carbonyl (C=O) groups excluding carboxylic acids is 1. The molecule has 0 unspecified atom stereocenters. The summed E-state index contributed by atoms with van der Waals surface area (Å²) in [6.07, 6.45) is 0. The molecule has 8 heteroatoms. The molecule has 1 aliphatic heterocycles. The molecule has 33 heavy (non-hydrogen) atoms. The number of aromatic carboxylic acids is 1. The molecule has 3 aromatic carbocycles. The van der Waals surface area contributed by atoms with E-state index in [1.54, 1.807) is 26.0 Å². The minimum absolute atomic E-state index is 0.0101. The minimum atomic E-state index is -1.51. The van der Waals surface area contributed by atoms with E-state index in [1.165, 1.54) is 18.2 Å². The first-order valence-corrected chi connectivity index (χ1v) is 11.6. The molecule has 0 radical (unpaired) electrons. The zero-order chi connectivity index (χ0) is 24.4. The Hall–Kier alpha value is -2.84. The van der Waals surface area contributed by atoms with Crippen molar-refractivity contribution in [3.8, 4) is 11.5 Å². The van der Waals surface area contributed by atoms with Crippen LogP contribution in [0.2, 0.25) is 0 Å². The predicted octanol–water partition coefficient (Wildman–Crippen LogP) is 6.02. The van der Waals surface area contributed by atoms with E-state index in [2.05, 4.69) is 31.9 Å². The van der Waals surface area contributed by atoms with E-state index < -0.39 is 17.5 Å². The van der Waals surface area contributed by atoms with Crippen LogP contribution in [0.25, 0.3) is 0 Å². The van der Waals surface area contributed by atoms with Gasteiger partial charge in [0, 0.05) is 16.7 Å². The van der Waals surface area contributed by atoms with Crippen LogP contribution in [0, 0.1) is 27.7 Å². The number of carbonyl (C=O) groups is 2. The smallest absolute Gasteiger partial charge is 0.340 e. The average Bonchev–Trinajstić information content (AvgIpc) is 3.08. The van der Waals surface area contributed by atoms with Crippen LogP contribution in [0.15, 0.2) is 39.3 Å². The van der Waals surface area contributed by atoms with Crippen LogP contribution in [-0.2, 0) is 10.3 Å². The van der Waals surface area contributed by atoms with Crippen LogP contribution < -0.4 is 0 Å². The Labute approximate surface area is 207 Å². The summed E-state index contributed by atoms with van der Waals surface area (Å²) in [5, 5.41) is 30.6. The van der Waals surface area contributed by atoms with Gasteiger partial charge in [-0.2, -0.15) is 0 Å². The van der Waals surface area contributed by atoms with E-state index in [0.717, 1.165) is 0 Å². The molecule has 4 rings (SSSR count). The number of ether oxygens (including phenoxy) is 1. The lowest BCUT2D eigenvalue weighted by Crippen LogP contribution is -2.32. The van der Waals surface area contributed by atoms with E-state index >= 15 is 0 Å². The van der Waals surface area contributed by atoms with E-state index in [4.69, 9.17) is 4.74 Å². The van der Waals surface area contributed by atoms with Gasteiger partial charge in [0.25, 0.3) is 0 Å². The fourth-order valence-electron chi connectivity index (χ4n) is 4.40. The topological polar surface area (TPSA) is 104 Å². The Bertz CT molecular complexity index is 1310. The van der Waals surface area contributed by atoms with Crippen molar-refractivity contribution in [1.29, 1.82) is 0 Å². The molecule has 3 aromatic rings. The molecule has 0 aliphatic carbocycles. The molecular formula is C25H20Br2O6. The van der Waals surface area contributed by atoms with E-state index in [1.807, 2.05) is 13.8 Å². The molecule has 0 amide bonds. The normalized spacial score (nSPS) is 14.2.